The summed E-state index contributed by atoms with van der Waals surface area (Å²) in [6.45, 7) is 2.03. The first-order chi connectivity index (χ1) is 5.34. The van der Waals surface area contributed by atoms with Gasteiger partial charge in [-0.1, -0.05) is 13.0 Å². The van der Waals surface area contributed by atoms with Gasteiger partial charge in [0.2, 0.25) is 0 Å². The van der Waals surface area contributed by atoms with Crippen molar-refractivity contribution in [1.82, 2.24) is 4.98 Å². The van der Waals surface area contributed by atoms with Crippen molar-refractivity contribution in [3.8, 4) is 6.07 Å². The van der Waals surface area contributed by atoms with E-state index >= 15 is 0 Å². The van der Waals surface area contributed by atoms with Crippen molar-refractivity contribution < 1.29 is 0 Å². The predicted octanol–water partition coefficient (Wildman–Crippen LogP) is 2.10. The smallest absolute Gasteiger partial charge is 0.0628 e. The summed E-state index contributed by atoms with van der Waals surface area (Å²) >= 11 is 0. The number of nitriles is 1. The third-order valence-electron chi connectivity index (χ3n) is 1.65. The third-order valence-corrected chi connectivity index (χ3v) is 1.65. The molecule has 0 aromatic carbocycles. The molecular weight excluding hydrogens is 136 g/mol. The van der Waals surface area contributed by atoms with Crippen molar-refractivity contribution in [1.29, 1.82) is 5.26 Å². The van der Waals surface area contributed by atoms with Gasteiger partial charge in [0.15, 0.2) is 0 Å². The highest BCUT2D eigenvalue weighted by Crippen LogP contribution is 2.15. The quantitative estimate of drug-likeness (QED) is 0.640. The van der Waals surface area contributed by atoms with E-state index in [1.165, 1.54) is 0 Å². The van der Waals surface area contributed by atoms with Crippen molar-refractivity contribution >= 4 is 0 Å². The summed E-state index contributed by atoms with van der Waals surface area (Å²) in [5.41, 5.74) is 1.13. The first-order valence-corrected chi connectivity index (χ1v) is 3.61. The average molecular weight is 146 g/mol. The molecule has 1 unspecified atom stereocenters. The second-order valence-corrected chi connectivity index (χ2v) is 2.55. The van der Waals surface area contributed by atoms with E-state index in [0.29, 0.717) is 12.3 Å². The van der Waals surface area contributed by atoms with Gasteiger partial charge in [-0.25, -0.2) is 0 Å². The van der Waals surface area contributed by atoms with E-state index in [9.17, 15) is 0 Å². The number of rotatable bonds is 2. The first-order valence-electron chi connectivity index (χ1n) is 3.61. The fraction of sp³-hybridized carbons (Fsp3) is 0.333. The predicted molar refractivity (Wildman–Crippen MR) is 42.9 cm³/mol. The monoisotopic (exact) mass is 146 g/mol. The zero-order valence-corrected chi connectivity index (χ0v) is 6.49. The van der Waals surface area contributed by atoms with Crippen LogP contribution in [-0.2, 0) is 0 Å². The molecule has 1 aromatic rings. The van der Waals surface area contributed by atoms with E-state index in [-0.39, 0.29) is 0 Å². The molecule has 11 heavy (non-hydrogen) atoms. The maximum absolute atomic E-state index is 8.43. The van der Waals surface area contributed by atoms with Crippen LogP contribution in [0.1, 0.15) is 24.8 Å². The van der Waals surface area contributed by atoms with Gasteiger partial charge in [-0.2, -0.15) is 5.26 Å². The Bertz CT molecular complexity index is 248. The number of nitrogens with zero attached hydrogens (tertiary/aromatic N) is 2. The molecule has 1 heterocycles. The molecule has 1 aromatic heterocycles. The van der Waals surface area contributed by atoms with Crippen molar-refractivity contribution in [3.63, 3.8) is 0 Å². The normalized spacial score (nSPS) is 12.0. The van der Waals surface area contributed by atoms with E-state index in [2.05, 4.69) is 11.1 Å². The van der Waals surface area contributed by atoms with E-state index in [1.807, 2.05) is 25.3 Å². The second kappa shape index (κ2) is 3.72. The summed E-state index contributed by atoms with van der Waals surface area (Å²) in [5.74, 6) is 0.300. The van der Waals surface area contributed by atoms with Gasteiger partial charge in [0, 0.05) is 18.8 Å². The third kappa shape index (κ3) is 2.05. The van der Waals surface area contributed by atoms with Crippen LogP contribution in [0.25, 0.3) is 0 Å². The number of pyridine rings is 1. The lowest BCUT2D eigenvalue weighted by molar-refractivity contribution is 0.783. The van der Waals surface area contributed by atoms with E-state index in [0.717, 1.165) is 5.56 Å². The van der Waals surface area contributed by atoms with Gasteiger partial charge in [-0.3, -0.25) is 4.98 Å². The van der Waals surface area contributed by atoms with Crippen LogP contribution in [-0.4, -0.2) is 4.98 Å². The van der Waals surface area contributed by atoms with Gasteiger partial charge in [0.25, 0.3) is 0 Å². The van der Waals surface area contributed by atoms with Crippen molar-refractivity contribution in [2.75, 3.05) is 0 Å². The maximum atomic E-state index is 8.43. The number of hydrogen-bond donors (Lipinski definition) is 0. The van der Waals surface area contributed by atoms with Gasteiger partial charge in [0.1, 0.15) is 0 Å². The molecule has 56 valence electrons. The largest absolute Gasteiger partial charge is 0.264 e. The molecule has 0 amide bonds. The minimum Gasteiger partial charge on any atom is -0.264 e. The lowest BCUT2D eigenvalue weighted by Crippen LogP contribution is -1.91. The topological polar surface area (TPSA) is 36.7 Å². The van der Waals surface area contributed by atoms with Crippen LogP contribution in [0.15, 0.2) is 24.5 Å². The van der Waals surface area contributed by atoms with Gasteiger partial charge in [-0.15, -0.1) is 0 Å². The molecule has 0 bridgehead atoms. The minimum atomic E-state index is 0.300. The maximum Gasteiger partial charge on any atom is 0.0628 e. The van der Waals surface area contributed by atoms with Crippen LogP contribution >= 0.6 is 0 Å². The van der Waals surface area contributed by atoms with Gasteiger partial charge < -0.3 is 0 Å². The van der Waals surface area contributed by atoms with Crippen LogP contribution in [0.5, 0.6) is 0 Å². The molecule has 2 heteroatoms. The van der Waals surface area contributed by atoms with E-state index in [1.54, 1.807) is 6.20 Å². The lowest BCUT2D eigenvalue weighted by Gasteiger charge is -2.04. The number of hydrogen-bond acceptors (Lipinski definition) is 2. The fourth-order valence-corrected chi connectivity index (χ4v) is 0.922. The van der Waals surface area contributed by atoms with Crippen LogP contribution in [0, 0.1) is 11.3 Å². The van der Waals surface area contributed by atoms with E-state index in [4.69, 9.17) is 5.26 Å². The van der Waals surface area contributed by atoms with Crippen molar-refractivity contribution in [2.45, 2.75) is 19.3 Å². The zero-order valence-electron chi connectivity index (χ0n) is 6.49. The molecule has 0 fully saturated rings. The van der Waals surface area contributed by atoms with Gasteiger partial charge in [0.05, 0.1) is 6.07 Å². The molecule has 0 radical (unpaired) electrons. The molecule has 0 aliphatic carbocycles. The Balaban J connectivity index is 2.70. The molecule has 1 rings (SSSR count). The van der Waals surface area contributed by atoms with Crippen LogP contribution < -0.4 is 0 Å². The highest BCUT2D eigenvalue weighted by atomic mass is 14.6. The molecule has 0 saturated carbocycles. The fourth-order valence-electron chi connectivity index (χ4n) is 0.922. The highest BCUT2D eigenvalue weighted by Gasteiger charge is 2.02. The molecule has 1 atom stereocenters. The van der Waals surface area contributed by atoms with E-state index < -0.39 is 0 Å². The molecule has 0 spiro atoms. The minimum absolute atomic E-state index is 0.300. The molecule has 0 N–H and O–H groups in total. The van der Waals surface area contributed by atoms with Crippen LogP contribution in [0.4, 0.5) is 0 Å². The first kappa shape index (κ1) is 7.74. The zero-order chi connectivity index (χ0) is 8.10. The highest BCUT2D eigenvalue weighted by molar-refractivity contribution is 5.14. The summed E-state index contributed by atoms with van der Waals surface area (Å²) in [4.78, 5) is 3.98. The molecule has 0 saturated heterocycles. The van der Waals surface area contributed by atoms with Crippen LogP contribution in [0.3, 0.4) is 0 Å². The summed E-state index contributed by atoms with van der Waals surface area (Å²) in [6, 6.07) is 6.03. The molecule has 0 aliphatic heterocycles. The Morgan fingerprint density at radius 3 is 3.09 bits per heavy atom. The molecular formula is C9H10N2. The Morgan fingerprint density at radius 2 is 2.55 bits per heavy atom. The Kier molecular flexibility index (Phi) is 2.62. The average Bonchev–Trinajstić information content (AvgIpc) is 2.07. The second-order valence-electron chi connectivity index (χ2n) is 2.55. The summed E-state index contributed by atoms with van der Waals surface area (Å²) in [7, 11) is 0. The molecule has 0 aliphatic rings. The summed E-state index contributed by atoms with van der Waals surface area (Å²) < 4.78 is 0. The summed E-state index contributed by atoms with van der Waals surface area (Å²) in [6.07, 6.45) is 4.11. The summed E-state index contributed by atoms with van der Waals surface area (Å²) in [5, 5.41) is 8.43. The van der Waals surface area contributed by atoms with Crippen molar-refractivity contribution in [3.05, 3.63) is 30.1 Å². The van der Waals surface area contributed by atoms with Gasteiger partial charge in [-0.05, 0) is 17.5 Å². The SMILES string of the molecule is CC(CC#N)c1cccnc1. The van der Waals surface area contributed by atoms with Crippen molar-refractivity contribution in [2.24, 2.45) is 0 Å². The van der Waals surface area contributed by atoms with Crippen LogP contribution in [0.2, 0.25) is 0 Å². The number of aromatic nitrogens is 1. The lowest BCUT2D eigenvalue weighted by atomic mass is 10.0. The Morgan fingerprint density at radius 1 is 1.73 bits per heavy atom. The molecule has 2 nitrogen and oxygen atoms in total. The van der Waals surface area contributed by atoms with Gasteiger partial charge >= 0.3 is 0 Å². The Hall–Kier alpha value is -1.36. The Labute approximate surface area is 66.5 Å². The standard InChI is InChI=1S/C9H10N2/c1-8(4-5-10)9-3-2-6-11-7-9/h2-3,6-8H,4H2,1H3.